The van der Waals surface area contributed by atoms with Crippen LogP contribution in [0.1, 0.15) is 41.6 Å². The summed E-state index contributed by atoms with van der Waals surface area (Å²) in [7, 11) is 3.26. The Labute approximate surface area is 160 Å². The van der Waals surface area contributed by atoms with Gasteiger partial charge in [0, 0.05) is 25.0 Å². The van der Waals surface area contributed by atoms with Gasteiger partial charge in [-0.3, -0.25) is 9.78 Å². The molecule has 6 heteroatoms. The lowest BCUT2D eigenvalue weighted by molar-refractivity contribution is 0.0937. The van der Waals surface area contributed by atoms with Crippen LogP contribution in [0.25, 0.3) is 0 Å². The molecule has 2 N–H and O–H groups in total. The summed E-state index contributed by atoms with van der Waals surface area (Å²) in [5.74, 6) is 1.40. The van der Waals surface area contributed by atoms with Crippen molar-refractivity contribution in [3.05, 3.63) is 47.8 Å². The van der Waals surface area contributed by atoms with Crippen molar-refractivity contribution in [1.29, 1.82) is 0 Å². The summed E-state index contributed by atoms with van der Waals surface area (Å²) >= 11 is 0. The van der Waals surface area contributed by atoms with E-state index in [1.165, 1.54) is 12.8 Å². The van der Waals surface area contributed by atoms with E-state index in [0.717, 1.165) is 48.6 Å². The number of nitrogens with one attached hydrogen (secondary N) is 2. The molecular weight excluding hydrogens is 342 g/mol. The van der Waals surface area contributed by atoms with Crippen molar-refractivity contribution in [1.82, 2.24) is 10.3 Å². The normalized spacial score (nSPS) is 14.0. The number of aromatic nitrogens is 1. The van der Waals surface area contributed by atoms with Crippen LogP contribution in [0.4, 0.5) is 5.69 Å². The number of hydrogen-bond acceptors (Lipinski definition) is 5. The molecule has 1 saturated carbocycles. The Morgan fingerprint density at radius 1 is 1.11 bits per heavy atom. The quantitative estimate of drug-likeness (QED) is 0.746. The van der Waals surface area contributed by atoms with Crippen LogP contribution in [0.3, 0.4) is 0 Å². The average Bonchev–Trinajstić information content (AvgIpc) is 3.21. The van der Waals surface area contributed by atoms with Gasteiger partial charge in [-0.25, -0.2) is 0 Å². The minimum atomic E-state index is -0.0436. The summed E-state index contributed by atoms with van der Waals surface area (Å²) < 4.78 is 10.6. The Balaban J connectivity index is 1.54. The third-order valence-corrected chi connectivity index (χ3v) is 4.88. The number of amides is 1. The summed E-state index contributed by atoms with van der Waals surface area (Å²) in [5, 5.41) is 6.43. The van der Waals surface area contributed by atoms with Gasteiger partial charge in [-0.15, -0.1) is 0 Å². The van der Waals surface area contributed by atoms with Crippen LogP contribution >= 0.6 is 0 Å². The van der Waals surface area contributed by atoms with Gasteiger partial charge in [0.2, 0.25) is 0 Å². The molecule has 0 radical (unpaired) electrons. The Morgan fingerprint density at radius 2 is 1.89 bits per heavy atom. The van der Waals surface area contributed by atoms with E-state index in [9.17, 15) is 4.79 Å². The molecule has 27 heavy (non-hydrogen) atoms. The Kier molecular flexibility index (Phi) is 6.52. The van der Waals surface area contributed by atoms with Crippen molar-refractivity contribution in [2.45, 2.75) is 38.1 Å². The van der Waals surface area contributed by atoms with Crippen molar-refractivity contribution >= 4 is 11.6 Å². The first-order valence-corrected chi connectivity index (χ1v) is 9.40. The molecule has 1 fully saturated rings. The lowest BCUT2D eigenvalue weighted by atomic mass is 10.1. The highest BCUT2D eigenvalue weighted by Gasteiger charge is 2.18. The molecule has 1 amide bonds. The van der Waals surface area contributed by atoms with Crippen LogP contribution in [0.2, 0.25) is 0 Å². The highest BCUT2D eigenvalue weighted by molar-refractivity contribution is 5.94. The molecule has 0 atom stereocenters. The van der Waals surface area contributed by atoms with E-state index in [2.05, 4.69) is 15.6 Å². The van der Waals surface area contributed by atoms with E-state index in [0.29, 0.717) is 11.6 Å². The zero-order valence-corrected chi connectivity index (χ0v) is 16.0. The third-order valence-electron chi connectivity index (χ3n) is 4.88. The summed E-state index contributed by atoms with van der Waals surface area (Å²) in [5.41, 5.74) is 2.58. The predicted molar refractivity (Wildman–Crippen MR) is 106 cm³/mol. The number of pyridine rings is 1. The molecule has 6 nitrogen and oxygen atoms in total. The minimum Gasteiger partial charge on any atom is -0.493 e. The third kappa shape index (κ3) is 5.12. The van der Waals surface area contributed by atoms with E-state index in [1.54, 1.807) is 26.6 Å². The number of nitrogens with zero attached hydrogens (tertiary/aromatic N) is 1. The van der Waals surface area contributed by atoms with Gasteiger partial charge >= 0.3 is 0 Å². The fourth-order valence-corrected chi connectivity index (χ4v) is 3.39. The van der Waals surface area contributed by atoms with Crippen LogP contribution in [0, 0.1) is 0 Å². The van der Waals surface area contributed by atoms with Gasteiger partial charge in [-0.05, 0) is 43.0 Å². The fraction of sp³-hybridized carbons (Fsp3) is 0.429. The lowest BCUT2D eigenvalue weighted by Crippen LogP contribution is -2.32. The number of carbonyl (C=O) groups is 1. The highest BCUT2D eigenvalue weighted by Crippen LogP contribution is 2.27. The molecule has 0 aliphatic heterocycles. The largest absolute Gasteiger partial charge is 0.493 e. The molecule has 0 unspecified atom stereocenters. The van der Waals surface area contributed by atoms with Gasteiger partial charge in [0.25, 0.3) is 5.91 Å². The first kappa shape index (κ1) is 19.0. The maximum Gasteiger partial charge on any atom is 0.253 e. The van der Waals surface area contributed by atoms with Crippen LogP contribution in [0.5, 0.6) is 11.5 Å². The molecule has 0 saturated heterocycles. The van der Waals surface area contributed by atoms with E-state index >= 15 is 0 Å². The van der Waals surface area contributed by atoms with E-state index in [-0.39, 0.29) is 5.91 Å². The predicted octanol–water partition coefficient (Wildman–Crippen LogP) is 3.43. The van der Waals surface area contributed by atoms with Gasteiger partial charge in [-0.2, -0.15) is 0 Å². The van der Waals surface area contributed by atoms with Gasteiger partial charge < -0.3 is 20.1 Å². The second kappa shape index (κ2) is 9.26. The van der Waals surface area contributed by atoms with Crippen molar-refractivity contribution < 1.29 is 14.3 Å². The fourth-order valence-electron chi connectivity index (χ4n) is 3.39. The number of carbonyl (C=O) groups excluding carboxylic acids is 1. The first-order chi connectivity index (χ1) is 13.2. The monoisotopic (exact) mass is 369 g/mol. The number of ether oxygens (including phenoxy) is 2. The van der Waals surface area contributed by atoms with Gasteiger partial charge in [0.05, 0.1) is 25.5 Å². The molecule has 144 valence electrons. The summed E-state index contributed by atoms with van der Waals surface area (Å²) in [6.07, 6.45) is 8.70. The standard InChI is InChI=1S/C21H27N3O3/c1-26-19-8-7-15(11-20(19)27-2)9-10-23-18-12-16(13-22-14-18)21(25)24-17-5-3-4-6-17/h7-8,11-14,17,23H,3-6,9-10H2,1-2H3,(H,24,25). The lowest BCUT2D eigenvalue weighted by Gasteiger charge is -2.13. The molecule has 2 aromatic rings. The Morgan fingerprint density at radius 3 is 2.63 bits per heavy atom. The second-order valence-corrected chi connectivity index (χ2v) is 6.78. The molecule has 1 aromatic heterocycles. The average molecular weight is 369 g/mol. The SMILES string of the molecule is COc1ccc(CCNc2cncc(C(=O)NC3CCCC3)c2)cc1OC. The topological polar surface area (TPSA) is 72.5 Å². The van der Waals surface area contributed by atoms with Crippen LogP contribution in [-0.2, 0) is 6.42 Å². The molecule has 1 aliphatic rings. The van der Waals surface area contributed by atoms with E-state index < -0.39 is 0 Å². The zero-order valence-electron chi connectivity index (χ0n) is 16.0. The van der Waals surface area contributed by atoms with Crippen molar-refractivity contribution in [3.63, 3.8) is 0 Å². The highest BCUT2D eigenvalue weighted by atomic mass is 16.5. The minimum absolute atomic E-state index is 0.0436. The molecule has 0 spiro atoms. The van der Waals surface area contributed by atoms with Gasteiger partial charge in [0.1, 0.15) is 0 Å². The molecule has 1 aliphatic carbocycles. The summed E-state index contributed by atoms with van der Waals surface area (Å²) in [4.78, 5) is 16.6. The molecule has 3 rings (SSSR count). The maximum absolute atomic E-state index is 12.4. The molecular formula is C21H27N3O3. The Hall–Kier alpha value is -2.76. The van der Waals surface area contributed by atoms with Crippen LogP contribution in [0.15, 0.2) is 36.7 Å². The number of benzene rings is 1. The maximum atomic E-state index is 12.4. The number of hydrogen-bond donors (Lipinski definition) is 2. The smallest absolute Gasteiger partial charge is 0.253 e. The number of anilines is 1. The number of methoxy groups -OCH3 is 2. The van der Waals surface area contributed by atoms with Gasteiger partial charge in [0.15, 0.2) is 11.5 Å². The second-order valence-electron chi connectivity index (χ2n) is 6.78. The summed E-state index contributed by atoms with van der Waals surface area (Å²) in [6.45, 7) is 0.727. The summed E-state index contributed by atoms with van der Waals surface area (Å²) in [6, 6.07) is 8.06. The van der Waals surface area contributed by atoms with Crippen LogP contribution in [-0.4, -0.2) is 37.7 Å². The Bertz CT molecular complexity index is 773. The molecule has 1 heterocycles. The molecule has 1 aromatic carbocycles. The van der Waals surface area contributed by atoms with Crippen molar-refractivity contribution in [3.8, 4) is 11.5 Å². The first-order valence-electron chi connectivity index (χ1n) is 9.40. The number of rotatable bonds is 8. The van der Waals surface area contributed by atoms with Crippen molar-refractivity contribution in [2.75, 3.05) is 26.1 Å². The molecule has 0 bridgehead atoms. The van der Waals surface area contributed by atoms with Gasteiger partial charge in [-0.1, -0.05) is 18.9 Å². The van der Waals surface area contributed by atoms with E-state index in [1.807, 2.05) is 24.3 Å². The van der Waals surface area contributed by atoms with Crippen molar-refractivity contribution in [2.24, 2.45) is 0 Å². The zero-order chi connectivity index (χ0) is 19.1. The van der Waals surface area contributed by atoms with E-state index in [4.69, 9.17) is 9.47 Å². The van der Waals surface area contributed by atoms with Crippen LogP contribution < -0.4 is 20.1 Å².